The number of imidazole rings is 1. The van der Waals surface area contributed by atoms with Crippen molar-refractivity contribution in [3.63, 3.8) is 0 Å². The van der Waals surface area contributed by atoms with E-state index in [0.717, 1.165) is 42.3 Å². The molecule has 2 aromatic rings. The van der Waals surface area contributed by atoms with Gasteiger partial charge in [0.2, 0.25) is 0 Å². The van der Waals surface area contributed by atoms with Crippen molar-refractivity contribution in [2.45, 2.75) is 6.42 Å². The van der Waals surface area contributed by atoms with Gasteiger partial charge in [-0.05, 0) is 18.2 Å². The maximum Gasteiger partial charge on any atom is 0.321 e. The Kier molecular flexibility index (Phi) is 4.59. The smallest absolute Gasteiger partial charge is 0.321 e. The van der Waals surface area contributed by atoms with E-state index in [1.54, 1.807) is 19.0 Å². The largest absolute Gasteiger partial charge is 0.490 e. The van der Waals surface area contributed by atoms with Crippen molar-refractivity contribution < 1.29 is 9.53 Å². The lowest BCUT2D eigenvalue weighted by Crippen LogP contribution is -2.36. The normalized spacial score (nSPS) is 13.2. The zero-order valence-electron chi connectivity index (χ0n) is 14.3. The van der Waals surface area contributed by atoms with E-state index in [1.165, 1.54) is 0 Å². The number of aromatic nitrogens is 2. The molecule has 24 heavy (non-hydrogen) atoms. The Labute approximate surface area is 141 Å². The minimum atomic E-state index is -0.147. The Morgan fingerprint density at radius 1 is 1.46 bits per heavy atom. The first-order valence-electron chi connectivity index (χ1n) is 8.02. The number of hydrogen-bond donors (Lipinski definition) is 1. The van der Waals surface area contributed by atoms with Crippen LogP contribution in [0.25, 0.3) is 0 Å². The zero-order chi connectivity index (χ0) is 17.1. The predicted octanol–water partition coefficient (Wildman–Crippen LogP) is 1.64. The highest BCUT2D eigenvalue weighted by Crippen LogP contribution is 2.35. The highest BCUT2D eigenvalue weighted by atomic mass is 16.5. The Bertz CT molecular complexity index is 728. The van der Waals surface area contributed by atoms with E-state index in [2.05, 4.69) is 15.2 Å². The van der Waals surface area contributed by atoms with Gasteiger partial charge >= 0.3 is 6.03 Å². The third kappa shape index (κ3) is 3.29. The van der Waals surface area contributed by atoms with Crippen molar-refractivity contribution in [3.05, 3.63) is 36.4 Å². The van der Waals surface area contributed by atoms with Crippen LogP contribution in [-0.4, -0.2) is 49.4 Å². The quantitative estimate of drug-likeness (QED) is 0.926. The molecule has 0 radical (unpaired) electrons. The summed E-state index contributed by atoms with van der Waals surface area (Å²) in [5.74, 6) is 0.858. The number of carbonyl (C=O) groups excluding carboxylic acids is 1. The number of ether oxygens (including phenoxy) is 1. The molecule has 2 heterocycles. The number of benzene rings is 1. The molecule has 1 aromatic heterocycles. The van der Waals surface area contributed by atoms with Crippen molar-refractivity contribution in [2.24, 2.45) is 7.05 Å². The van der Waals surface area contributed by atoms with Gasteiger partial charge in [0.1, 0.15) is 12.4 Å². The molecule has 0 atom stereocenters. The highest BCUT2D eigenvalue weighted by Gasteiger charge is 2.20. The van der Waals surface area contributed by atoms with Crippen molar-refractivity contribution in [2.75, 3.05) is 43.6 Å². The lowest BCUT2D eigenvalue weighted by atomic mass is 10.2. The molecular formula is C17H23N5O2. The molecule has 0 bridgehead atoms. The minimum absolute atomic E-state index is 0.147. The molecule has 3 rings (SSSR count). The molecule has 0 unspecified atom stereocenters. The third-order valence-corrected chi connectivity index (χ3v) is 4.20. The third-order valence-electron chi connectivity index (χ3n) is 4.20. The van der Waals surface area contributed by atoms with Crippen LogP contribution >= 0.6 is 0 Å². The van der Waals surface area contributed by atoms with Crippen LogP contribution < -0.4 is 19.9 Å². The molecule has 1 aromatic carbocycles. The first-order chi connectivity index (χ1) is 11.6. The Hall–Kier alpha value is -2.70. The van der Waals surface area contributed by atoms with Gasteiger partial charge in [0.05, 0.1) is 24.3 Å². The number of rotatable bonds is 4. The molecule has 7 nitrogen and oxygen atoms in total. The molecule has 1 aliphatic rings. The second-order valence-corrected chi connectivity index (χ2v) is 5.88. The van der Waals surface area contributed by atoms with Gasteiger partial charge in [-0.2, -0.15) is 0 Å². The average Bonchev–Trinajstić information content (AvgIpc) is 3.03. The molecule has 0 spiro atoms. The van der Waals surface area contributed by atoms with Crippen LogP contribution in [-0.2, 0) is 13.5 Å². The van der Waals surface area contributed by atoms with E-state index in [1.807, 2.05) is 42.3 Å². The topological polar surface area (TPSA) is 62.6 Å². The van der Waals surface area contributed by atoms with Gasteiger partial charge in [-0.15, -0.1) is 0 Å². The summed E-state index contributed by atoms with van der Waals surface area (Å²) in [6, 6.07) is 5.68. The van der Waals surface area contributed by atoms with E-state index in [-0.39, 0.29) is 6.03 Å². The van der Waals surface area contributed by atoms with Crippen LogP contribution in [0.3, 0.4) is 0 Å². The number of urea groups is 1. The highest BCUT2D eigenvalue weighted by molar-refractivity contribution is 5.92. The van der Waals surface area contributed by atoms with Gasteiger partial charge in [0, 0.05) is 46.0 Å². The number of carbonyl (C=O) groups is 1. The minimum Gasteiger partial charge on any atom is -0.490 e. The summed E-state index contributed by atoms with van der Waals surface area (Å²) >= 11 is 0. The van der Waals surface area contributed by atoms with Gasteiger partial charge in [-0.1, -0.05) is 0 Å². The second-order valence-electron chi connectivity index (χ2n) is 5.88. The first kappa shape index (κ1) is 16.2. The lowest BCUT2D eigenvalue weighted by molar-refractivity contribution is 0.249. The SMILES string of the molecule is CNC(=O)N(C)c1ccc2c(c1)N(CCc1cn(C)cn1)CCO2. The number of nitrogens with one attached hydrogen (secondary N) is 1. The predicted molar refractivity (Wildman–Crippen MR) is 93.9 cm³/mol. The van der Waals surface area contributed by atoms with E-state index in [0.29, 0.717) is 6.61 Å². The van der Waals surface area contributed by atoms with E-state index in [9.17, 15) is 4.79 Å². The summed E-state index contributed by atoms with van der Waals surface area (Å²) in [5.41, 5.74) is 2.93. The molecule has 128 valence electrons. The summed E-state index contributed by atoms with van der Waals surface area (Å²) in [5, 5.41) is 2.64. The van der Waals surface area contributed by atoms with Crippen molar-refractivity contribution in [1.82, 2.24) is 14.9 Å². The van der Waals surface area contributed by atoms with Crippen LogP contribution in [0.2, 0.25) is 0 Å². The first-order valence-corrected chi connectivity index (χ1v) is 8.02. The molecule has 0 fully saturated rings. The fraction of sp³-hybridized carbons (Fsp3) is 0.412. The van der Waals surface area contributed by atoms with Gasteiger partial charge in [0.25, 0.3) is 0 Å². The monoisotopic (exact) mass is 329 g/mol. The van der Waals surface area contributed by atoms with Crippen molar-refractivity contribution >= 4 is 17.4 Å². The molecule has 1 N–H and O–H groups in total. The summed E-state index contributed by atoms with van der Waals surface area (Å²) in [7, 11) is 5.35. The maximum absolute atomic E-state index is 11.8. The number of hydrogen-bond acceptors (Lipinski definition) is 4. The zero-order valence-corrected chi connectivity index (χ0v) is 14.3. The molecule has 0 saturated carbocycles. The molecule has 0 aliphatic carbocycles. The maximum atomic E-state index is 11.8. The Morgan fingerprint density at radius 3 is 3.00 bits per heavy atom. The number of fused-ring (bicyclic) bond motifs is 1. The van der Waals surface area contributed by atoms with Gasteiger partial charge in [-0.25, -0.2) is 9.78 Å². The van der Waals surface area contributed by atoms with Crippen LogP contribution in [0.1, 0.15) is 5.69 Å². The van der Waals surface area contributed by atoms with Crippen LogP contribution in [0.15, 0.2) is 30.7 Å². The van der Waals surface area contributed by atoms with Crippen molar-refractivity contribution in [1.29, 1.82) is 0 Å². The average molecular weight is 329 g/mol. The number of aryl methyl sites for hydroxylation is 1. The summed E-state index contributed by atoms with van der Waals surface area (Å²) in [6.07, 6.45) is 4.73. The van der Waals surface area contributed by atoms with Gasteiger partial charge < -0.3 is 19.5 Å². The fourth-order valence-electron chi connectivity index (χ4n) is 2.83. The number of anilines is 2. The van der Waals surface area contributed by atoms with Gasteiger partial charge in [0.15, 0.2) is 0 Å². The summed E-state index contributed by atoms with van der Waals surface area (Å²) < 4.78 is 7.71. The standard InChI is InChI=1S/C17H23N5O2/c1-18-17(23)21(3)14-4-5-16-15(10-14)22(8-9-24-16)7-6-13-11-20(2)12-19-13/h4-5,10-12H,6-9H2,1-3H3,(H,18,23). The molecule has 1 aliphatic heterocycles. The van der Waals surface area contributed by atoms with Gasteiger partial charge in [-0.3, -0.25) is 4.90 Å². The number of amides is 2. The number of nitrogens with zero attached hydrogens (tertiary/aromatic N) is 4. The molecule has 0 saturated heterocycles. The van der Waals surface area contributed by atoms with Crippen LogP contribution in [0.5, 0.6) is 5.75 Å². The fourth-order valence-corrected chi connectivity index (χ4v) is 2.83. The van der Waals surface area contributed by atoms with E-state index in [4.69, 9.17) is 4.74 Å². The molecular weight excluding hydrogens is 306 g/mol. The summed E-state index contributed by atoms with van der Waals surface area (Å²) in [4.78, 5) is 20.1. The Morgan fingerprint density at radius 2 is 2.29 bits per heavy atom. The van der Waals surface area contributed by atoms with E-state index < -0.39 is 0 Å². The van der Waals surface area contributed by atoms with E-state index >= 15 is 0 Å². The Balaban J connectivity index is 1.78. The summed E-state index contributed by atoms with van der Waals surface area (Å²) in [6.45, 7) is 2.35. The second kappa shape index (κ2) is 6.82. The van der Waals surface area contributed by atoms with Crippen LogP contribution in [0.4, 0.5) is 16.2 Å². The molecule has 7 heteroatoms. The van der Waals surface area contributed by atoms with Crippen molar-refractivity contribution in [3.8, 4) is 5.75 Å². The lowest BCUT2D eigenvalue weighted by Gasteiger charge is -2.32. The van der Waals surface area contributed by atoms with Crippen LogP contribution in [0, 0.1) is 0 Å². The molecule has 2 amide bonds.